The van der Waals surface area contributed by atoms with Crippen LogP contribution in [0.25, 0.3) is 0 Å². The van der Waals surface area contributed by atoms with Crippen LogP contribution in [0.1, 0.15) is 50.3 Å². The van der Waals surface area contributed by atoms with Gasteiger partial charge in [0.15, 0.2) is 0 Å². The van der Waals surface area contributed by atoms with Gasteiger partial charge >= 0.3 is 0 Å². The van der Waals surface area contributed by atoms with Gasteiger partial charge in [0.1, 0.15) is 5.82 Å². The van der Waals surface area contributed by atoms with Gasteiger partial charge in [-0.2, -0.15) is 5.10 Å². The van der Waals surface area contributed by atoms with Gasteiger partial charge in [-0.05, 0) is 13.3 Å². The van der Waals surface area contributed by atoms with Gasteiger partial charge in [0.05, 0.1) is 5.69 Å². The minimum absolute atomic E-state index is 0.526. The van der Waals surface area contributed by atoms with Crippen LogP contribution in [0.5, 0.6) is 0 Å². The van der Waals surface area contributed by atoms with E-state index < -0.39 is 0 Å². The van der Waals surface area contributed by atoms with Gasteiger partial charge in [-0.1, -0.05) is 26.7 Å². The van der Waals surface area contributed by atoms with Crippen LogP contribution in [-0.4, -0.2) is 9.78 Å². The van der Waals surface area contributed by atoms with E-state index in [0.717, 1.165) is 11.4 Å². The first-order valence-electron chi connectivity index (χ1n) is 5.36. The minimum atomic E-state index is 0.526. The van der Waals surface area contributed by atoms with Crippen LogP contribution < -0.4 is 5.73 Å². The highest BCUT2D eigenvalue weighted by molar-refractivity contribution is 5.43. The number of nitrogens with zero attached hydrogens (tertiary/aromatic N) is 2. The molecule has 14 heavy (non-hydrogen) atoms. The topological polar surface area (TPSA) is 43.8 Å². The van der Waals surface area contributed by atoms with Crippen molar-refractivity contribution < 1.29 is 0 Å². The van der Waals surface area contributed by atoms with Gasteiger partial charge in [-0.3, -0.25) is 4.68 Å². The molecule has 0 spiro atoms. The third kappa shape index (κ3) is 2.08. The minimum Gasteiger partial charge on any atom is -0.384 e. The molecule has 0 aliphatic rings. The molecular weight excluding hydrogens is 174 g/mol. The molecule has 0 radical (unpaired) electrons. The number of anilines is 1. The molecule has 3 heteroatoms. The quantitative estimate of drug-likeness (QED) is 0.802. The molecule has 80 valence electrons. The fourth-order valence-electron chi connectivity index (χ4n) is 1.78. The smallest absolute Gasteiger partial charge is 0.124 e. The summed E-state index contributed by atoms with van der Waals surface area (Å²) in [6.45, 7) is 6.50. The van der Waals surface area contributed by atoms with Crippen molar-refractivity contribution in [3.05, 3.63) is 11.3 Å². The Morgan fingerprint density at radius 3 is 2.57 bits per heavy atom. The lowest BCUT2D eigenvalue weighted by Gasteiger charge is -2.08. The Balaban J connectivity index is 2.79. The summed E-state index contributed by atoms with van der Waals surface area (Å²) in [5, 5.41) is 4.45. The summed E-state index contributed by atoms with van der Waals surface area (Å²) in [6.07, 6.45) is 3.70. The van der Waals surface area contributed by atoms with E-state index in [9.17, 15) is 0 Å². The van der Waals surface area contributed by atoms with Crippen LogP contribution in [0, 0.1) is 6.92 Å². The average molecular weight is 195 g/mol. The highest BCUT2D eigenvalue weighted by atomic mass is 15.3. The van der Waals surface area contributed by atoms with Crippen molar-refractivity contribution in [1.82, 2.24) is 9.78 Å². The summed E-state index contributed by atoms with van der Waals surface area (Å²) >= 11 is 0. The highest BCUT2D eigenvalue weighted by Gasteiger charge is 2.15. The van der Waals surface area contributed by atoms with Gasteiger partial charge in [0.2, 0.25) is 0 Å². The Bertz CT molecular complexity index is 302. The molecular formula is C11H21N3. The lowest BCUT2D eigenvalue weighted by molar-refractivity contribution is 0.596. The predicted octanol–water partition coefficient (Wildman–Crippen LogP) is 2.60. The van der Waals surface area contributed by atoms with Crippen molar-refractivity contribution in [2.75, 3.05) is 5.73 Å². The summed E-state index contributed by atoms with van der Waals surface area (Å²) in [5.41, 5.74) is 8.18. The molecule has 1 heterocycles. The Labute approximate surface area is 86.3 Å². The van der Waals surface area contributed by atoms with E-state index in [0.29, 0.717) is 5.92 Å². The van der Waals surface area contributed by atoms with E-state index in [-0.39, 0.29) is 0 Å². The summed E-state index contributed by atoms with van der Waals surface area (Å²) in [7, 11) is 1.90. The molecule has 0 aromatic carbocycles. The Kier molecular flexibility index (Phi) is 3.55. The molecule has 0 saturated carbocycles. The molecule has 0 bridgehead atoms. The molecule has 0 amide bonds. The number of aromatic nitrogens is 2. The first kappa shape index (κ1) is 11.1. The molecule has 1 atom stereocenters. The van der Waals surface area contributed by atoms with Crippen molar-refractivity contribution in [2.45, 2.75) is 46.0 Å². The normalized spacial score (nSPS) is 13.1. The van der Waals surface area contributed by atoms with E-state index in [1.165, 1.54) is 25.0 Å². The van der Waals surface area contributed by atoms with Crippen molar-refractivity contribution in [3.8, 4) is 0 Å². The fraction of sp³-hybridized carbons (Fsp3) is 0.727. The molecule has 0 saturated heterocycles. The largest absolute Gasteiger partial charge is 0.384 e. The van der Waals surface area contributed by atoms with Gasteiger partial charge in [-0.15, -0.1) is 0 Å². The maximum absolute atomic E-state index is 5.87. The van der Waals surface area contributed by atoms with Crippen molar-refractivity contribution >= 4 is 5.82 Å². The summed E-state index contributed by atoms with van der Waals surface area (Å²) in [4.78, 5) is 0. The van der Waals surface area contributed by atoms with E-state index in [4.69, 9.17) is 5.73 Å². The van der Waals surface area contributed by atoms with Gasteiger partial charge in [0, 0.05) is 18.5 Å². The lowest BCUT2D eigenvalue weighted by Crippen LogP contribution is -1.98. The molecule has 0 fully saturated rings. The second kappa shape index (κ2) is 4.49. The molecule has 3 nitrogen and oxygen atoms in total. The van der Waals surface area contributed by atoms with Crippen LogP contribution in [0.4, 0.5) is 5.82 Å². The second-order valence-corrected chi connectivity index (χ2v) is 4.06. The zero-order valence-electron chi connectivity index (χ0n) is 9.67. The summed E-state index contributed by atoms with van der Waals surface area (Å²) < 4.78 is 1.77. The number of aryl methyl sites for hydroxylation is 1. The first-order valence-corrected chi connectivity index (χ1v) is 5.36. The summed E-state index contributed by atoms with van der Waals surface area (Å²) in [5.74, 6) is 1.32. The Hall–Kier alpha value is -0.990. The number of rotatable bonds is 4. The molecule has 0 aliphatic carbocycles. The van der Waals surface area contributed by atoms with Crippen LogP contribution in [-0.2, 0) is 7.05 Å². The lowest BCUT2D eigenvalue weighted by atomic mass is 9.98. The summed E-state index contributed by atoms with van der Waals surface area (Å²) in [6, 6.07) is 0. The molecule has 1 aromatic heterocycles. The Morgan fingerprint density at radius 1 is 1.50 bits per heavy atom. The standard InChI is InChI=1S/C11H21N3/c1-5-6-7-8(2)10-9(3)11(12)14(4)13-10/h8H,5-7,12H2,1-4H3. The third-order valence-corrected chi connectivity index (χ3v) is 2.83. The fourth-order valence-corrected chi connectivity index (χ4v) is 1.78. The van der Waals surface area contributed by atoms with Gasteiger partial charge in [-0.25, -0.2) is 0 Å². The number of unbranched alkanes of at least 4 members (excludes halogenated alkanes) is 1. The Morgan fingerprint density at radius 2 is 2.14 bits per heavy atom. The highest BCUT2D eigenvalue weighted by Crippen LogP contribution is 2.26. The van der Waals surface area contributed by atoms with Crippen LogP contribution in [0.15, 0.2) is 0 Å². The molecule has 0 aliphatic heterocycles. The maximum Gasteiger partial charge on any atom is 0.124 e. The molecule has 1 aromatic rings. The maximum atomic E-state index is 5.87. The number of hydrogen-bond acceptors (Lipinski definition) is 2. The third-order valence-electron chi connectivity index (χ3n) is 2.83. The number of hydrogen-bond donors (Lipinski definition) is 1. The van der Waals surface area contributed by atoms with Crippen LogP contribution >= 0.6 is 0 Å². The second-order valence-electron chi connectivity index (χ2n) is 4.06. The zero-order chi connectivity index (χ0) is 10.7. The van der Waals surface area contributed by atoms with Gasteiger partial charge in [0.25, 0.3) is 0 Å². The monoisotopic (exact) mass is 195 g/mol. The average Bonchev–Trinajstić information content (AvgIpc) is 2.42. The molecule has 1 unspecified atom stereocenters. The van der Waals surface area contributed by atoms with E-state index in [1.54, 1.807) is 4.68 Å². The number of nitrogens with two attached hydrogens (primary N) is 1. The van der Waals surface area contributed by atoms with Gasteiger partial charge < -0.3 is 5.73 Å². The molecule has 2 N–H and O–H groups in total. The SMILES string of the molecule is CCCCC(C)c1nn(C)c(N)c1C. The van der Waals surface area contributed by atoms with E-state index >= 15 is 0 Å². The predicted molar refractivity (Wildman–Crippen MR) is 60.3 cm³/mol. The van der Waals surface area contributed by atoms with Crippen molar-refractivity contribution in [3.63, 3.8) is 0 Å². The van der Waals surface area contributed by atoms with E-state index in [2.05, 4.69) is 25.9 Å². The number of nitrogen functional groups attached to an aromatic ring is 1. The zero-order valence-corrected chi connectivity index (χ0v) is 9.67. The van der Waals surface area contributed by atoms with E-state index in [1.807, 2.05) is 7.05 Å². The van der Waals surface area contributed by atoms with Crippen molar-refractivity contribution in [2.24, 2.45) is 7.05 Å². The van der Waals surface area contributed by atoms with Crippen LogP contribution in [0.2, 0.25) is 0 Å². The van der Waals surface area contributed by atoms with Crippen LogP contribution in [0.3, 0.4) is 0 Å². The van der Waals surface area contributed by atoms with Crippen molar-refractivity contribution in [1.29, 1.82) is 0 Å². The first-order chi connectivity index (χ1) is 6.57. The molecule has 1 rings (SSSR count).